The molecule has 0 radical (unpaired) electrons. The van der Waals surface area contributed by atoms with E-state index in [0.29, 0.717) is 0 Å². The Balaban J connectivity index is 0.00000176. The highest BCUT2D eigenvalue weighted by Gasteiger charge is 2.14. The molecule has 0 atom stereocenters. The van der Waals surface area contributed by atoms with E-state index in [1.165, 1.54) is 5.69 Å². The predicted molar refractivity (Wildman–Crippen MR) is 94.5 cm³/mol. The molecule has 1 aliphatic rings. The maximum Gasteiger partial charge on any atom is 0.267 e. The summed E-state index contributed by atoms with van der Waals surface area (Å²) in [6.07, 6.45) is 0. The number of hydrogen-bond donors (Lipinski definition) is 1. The Hall–Kier alpha value is -1.49. The standard InChI is InChI=1S/C16H18ClN3O.ClH/c1-19-8-10-20(11-9-19)13-4-2-12(3-5-13)15-7-6-14(17)16(21)18-15;/h2-7H,8-11H2,1H3,(H,18,21);1H. The summed E-state index contributed by atoms with van der Waals surface area (Å²) < 4.78 is 0. The summed E-state index contributed by atoms with van der Waals surface area (Å²) in [5.41, 5.74) is 2.75. The third-order valence-corrected chi connectivity index (χ3v) is 4.21. The lowest BCUT2D eigenvalue weighted by Gasteiger charge is -2.34. The first kappa shape index (κ1) is 16.9. The van der Waals surface area contributed by atoms with Crippen molar-refractivity contribution in [1.82, 2.24) is 9.88 Å². The van der Waals surface area contributed by atoms with Crippen molar-refractivity contribution in [3.05, 3.63) is 51.8 Å². The normalized spacial score (nSPS) is 15.5. The van der Waals surface area contributed by atoms with Gasteiger partial charge >= 0.3 is 0 Å². The lowest BCUT2D eigenvalue weighted by atomic mass is 10.1. The topological polar surface area (TPSA) is 39.3 Å². The Morgan fingerprint density at radius 3 is 2.23 bits per heavy atom. The van der Waals surface area contributed by atoms with Crippen LogP contribution in [0, 0.1) is 0 Å². The molecule has 118 valence electrons. The minimum Gasteiger partial charge on any atom is -0.369 e. The van der Waals surface area contributed by atoms with E-state index in [1.54, 1.807) is 6.07 Å². The third kappa shape index (κ3) is 3.64. The Kier molecular flexibility index (Phi) is 5.51. The van der Waals surface area contributed by atoms with Gasteiger partial charge in [0.1, 0.15) is 5.02 Å². The molecule has 2 heterocycles. The van der Waals surface area contributed by atoms with Gasteiger partial charge < -0.3 is 14.8 Å². The minimum absolute atomic E-state index is 0. The number of H-pyrrole nitrogens is 1. The molecule has 1 saturated heterocycles. The van der Waals surface area contributed by atoms with Gasteiger partial charge in [0.2, 0.25) is 0 Å². The molecule has 1 aliphatic heterocycles. The zero-order chi connectivity index (χ0) is 14.8. The number of anilines is 1. The van der Waals surface area contributed by atoms with Crippen LogP contribution in [0.15, 0.2) is 41.2 Å². The van der Waals surface area contributed by atoms with Crippen molar-refractivity contribution in [3.63, 3.8) is 0 Å². The third-order valence-electron chi connectivity index (χ3n) is 3.91. The van der Waals surface area contributed by atoms with E-state index in [4.69, 9.17) is 11.6 Å². The van der Waals surface area contributed by atoms with E-state index in [0.717, 1.165) is 37.4 Å². The van der Waals surface area contributed by atoms with Crippen molar-refractivity contribution < 1.29 is 0 Å². The molecule has 1 aromatic carbocycles. The van der Waals surface area contributed by atoms with Gasteiger partial charge in [-0.2, -0.15) is 0 Å². The number of likely N-dealkylation sites (N-methyl/N-ethyl adjacent to an activating group) is 1. The summed E-state index contributed by atoms with van der Waals surface area (Å²) >= 11 is 5.75. The number of aromatic nitrogens is 1. The maximum atomic E-state index is 11.6. The molecular formula is C16H19Cl2N3O. The number of hydrogen-bond acceptors (Lipinski definition) is 3. The lowest BCUT2D eigenvalue weighted by Crippen LogP contribution is -2.44. The second-order valence-corrected chi connectivity index (χ2v) is 5.79. The van der Waals surface area contributed by atoms with Crippen LogP contribution in [0.25, 0.3) is 11.3 Å². The molecule has 0 amide bonds. The molecule has 0 saturated carbocycles. The molecular weight excluding hydrogens is 321 g/mol. The van der Waals surface area contributed by atoms with Crippen molar-refractivity contribution in [1.29, 1.82) is 0 Å². The minimum atomic E-state index is -0.252. The van der Waals surface area contributed by atoms with Gasteiger partial charge in [-0.25, -0.2) is 0 Å². The van der Waals surface area contributed by atoms with Crippen LogP contribution < -0.4 is 10.5 Å². The van der Waals surface area contributed by atoms with Gasteiger partial charge in [0.15, 0.2) is 0 Å². The molecule has 3 rings (SSSR count). The van der Waals surface area contributed by atoms with Gasteiger partial charge in [-0.3, -0.25) is 4.79 Å². The molecule has 1 N–H and O–H groups in total. The number of piperazine rings is 1. The largest absolute Gasteiger partial charge is 0.369 e. The molecule has 22 heavy (non-hydrogen) atoms. The smallest absolute Gasteiger partial charge is 0.267 e. The highest BCUT2D eigenvalue weighted by Crippen LogP contribution is 2.22. The molecule has 4 nitrogen and oxygen atoms in total. The average molecular weight is 340 g/mol. The van der Waals surface area contributed by atoms with Crippen LogP contribution >= 0.6 is 24.0 Å². The van der Waals surface area contributed by atoms with Crippen molar-refractivity contribution in [2.45, 2.75) is 0 Å². The number of aromatic amines is 1. The van der Waals surface area contributed by atoms with E-state index >= 15 is 0 Å². The second-order valence-electron chi connectivity index (χ2n) is 5.39. The summed E-state index contributed by atoms with van der Waals surface area (Å²) in [5, 5.41) is 0.216. The number of halogens is 2. The summed E-state index contributed by atoms with van der Waals surface area (Å²) in [6, 6.07) is 11.7. The quantitative estimate of drug-likeness (QED) is 0.914. The van der Waals surface area contributed by atoms with Crippen LogP contribution in [0.3, 0.4) is 0 Å². The first-order valence-corrected chi connectivity index (χ1v) is 7.44. The van der Waals surface area contributed by atoms with Gasteiger partial charge in [0, 0.05) is 37.6 Å². The van der Waals surface area contributed by atoms with Crippen LogP contribution in [-0.4, -0.2) is 43.1 Å². The Bertz CT molecular complexity index is 677. The fraction of sp³-hybridized carbons (Fsp3) is 0.312. The van der Waals surface area contributed by atoms with Crippen molar-refractivity contribution in [3.8, 4) is 11.3 Å². The fourth-order valence-electron chi connectivity index (χ4n) is 2.54. The van der Waals surface area contributed by atoms with Crippen LogP contribution in [-0.2, 0) is 0 Å². The predicted octanol–water partition coefficient (Wildman–Crippen LogP) is 2.87. The summed E-state index contributed by atoms with van der Waals surface area (Å²) in [5.74, 6) is 0. The first-order chi connectivity index (χ1) is 10.1. The van der Waals surface area contributed by atoms with E-state index in [2.05, 4.69) is 34.0 Å². The Morgan fingerprint density at radius 2 is 1.64 bits per heavy atom. The van der Waals surface area contributed by atoms with Crippen LogP contribution in [0.5, 0.6) is 0 Å². The van der Waals surface area contributed by atoms with Crippen LogP contribution in [0.1, 0.15) is 0 Å². The molecule has 0 unspecified atom stereocenters. The van der Waals surface area contributed by atoms with E-state index < -0.39 is 0 Å². The Labute approximate surface area is 141 Å². The monoisotopic (exact) mass is 339 g/mol. The molecule has 0 bridgehead atoms. The number of rotatable bonds is 2. The van der Waals surface area contributed by atoms with Gasteiger partial charge in [-0.15, -0.1) is 12.4 Å². The van der Waals surface area contributed by atoms with Crippen molar-refractivity contribution in [2.24, 2.45) is 0 Å². The van der Waals surface area contributed by atoms with Gasteiger partial charge in [-0.1, -0.05) is 23.7 Å². The van der Waals surface area contributed by atoms with Crippen LogP contribution in [0.4, 0.5) is 5.69 Å². The Morgan fingerprint density at radius 1 is 1.00 bits per heavy atom. The SMILES string of the molecule is CN1CCN(c2ccc(-c3ccc(Cl)c(=O)[nH]3)cc2)CC1.Cl. The van der Waals surface area contributed by atoms with Crippen molar-refractivity contribution >= 4 is 29.7 Å². The van der Waals surface area contributed by atoms with E-state index in [9.17, 15) is 4.79 Å². The van der Waals surface area contributed by atoms with E-state index in [-0.39, 0.29) is 23.0 Å². The summed E-state index contributed by atoms with van der Waals surface area (Å²) in [4.78, 5) is 19.1. The first-order valence-electron chi connectivity index (χ1n) is 7.06. The van der Waals surface area contributed by atoms with Gasteiger partial charge in [0.05, 0.1) is 0 Å². The van der Waals surface area contributed by atoms with Crippen molar-refractivity contribution in [2.75, 3.05) is 38.1 Å². The number of benzene rings is 1. The number of nitrogens with one attached hydrogen (secondary N) is 1. The van der Waals surface area contributed by atoms with Gasteiger partial charge in [-0.05, 0) is 36.9 Å². The average Bonchev–Trinajstić information content (AvgIpc) is 2.51. The zero-order valence-corrected chi connectivity index (χ0v) is 14.0. The lowest BCUT2D eigenvalue weighted by molar-refractivity contribution is 0.313. The van der Waals surface area contributed by atoms with Gasteiger partial charge in [0.25, 0.3) is 5.56 Å². The highest BCUT2D eigenvalue weighted by atomic mass is 35.5. The number of nitrogens with zero attached hydrogens (tertiary/aromatic N) is 2. The number of pyridine rings is 1. The van der Waals surface area contributed by atoms with E-state index in [1.807, 2.05) is 18.2 Å². The molecule has 1 aromatic heterocycles. The summed E-state index contributed by atoms with van der Waals surface area (Å²) in [7, 11) is 2.15. The maximum absolute atomic E-state index is 11.6. The highest BCUT2D eigenvalue weighted by molar-refractivity contribution is 6.30. The molecule has 0 spiro atoms. The second kappa shape index (κ2) is 7.18. The molecule has 0 aliphatic carbocycles. The van der Waals surface area contributed by atoms with Crippen LogP contribution in [0.2, 0.25) is 5.02 Å². The molecule has 2 aromatic rings. The zero-order valence-electron chi connectivity index (χ0n) is 12.4. The fourth-order valence-corrected chi connectivity index (χ4v) is 2.65. The molecule has 6 heteroatoms. The molecule has 1 fully saturated rings. The summed E-state index contributed by atoms with van der Waals surface area (Å²) in [6.45, 7) is 4.28.